The van der Waals surface area contributed by atoms with Gasteiger partial charge < -0.3 is 15.0 Å². The first-order valence-corrected chi connectivity index (χ1v) is 12.5. The lowest BCUT2D eigenvalue weighted by Crippen LogP contribution is -2.55. The van der Waals surface area contributed by atoms with Crippen LogP contribution in [-0.2, 0) is 10.0 Å². The van der Waals surface area contributed by atoms with Crippen LogP contribution in [0.1, 0.15) is 21.5 Å². The maximum atomic E-state index is 13.3. The van der Waals surface area contributed by atoms with Crippen molar-refractivity contribution in [3.8, 4) is 17.1 Å². The minimum Gasteiger partial charge on any atom is -0.475 e. The van der Waals surface area contributed by atoms with Crippen LogP contribution in [0.2, 0.25) is 0 Å². The summed E-state index contributed by atoms with van der Waals surface area (Å²) >= 11 is 0. The lowest BCUT2D eigenvalue weighted by Gasteiger charge is -2.36. The first kappa shape index (κ1) is 22.3. The highest BCUT2D eigenvalue weighted by Gasteiger charge is 2.30. The number of nitrogens with zero attached hydrogens (tertiary/aromatic N) is 3. The zero-order chi connectivity index (χ0) is 23.9. The highest BCUT2D eigenvalue weighted by Crippen LogP contribution is 2.30. The van der Waals surface area contributed by atoms with Gasteiger partial charge in [-0.1, -0.05) is 24.3 Å². The Kier molecular flexibility index (Phi) is 5.70. The molecule has 5 rings (SSSR count). The molecule has 1 atom stereocenters. The summed E-state index contributed by atoms with van der Waals surface area (Å²) in [4.78, 5) is 23.8. The van der Waals surface area contributed by atoms with Gasteiger partial charge in [0.2, 0.25) is 11.8 Å². The van der Waals surface area contributed by atoms with E-state index in [-0.39, 0.29) is 35.3 Å². The molecule has 1 saturated heterocycles. The van der Waals surface area contributed by atoms with E-state index >= 15 is 0 Å². The summed E-state index contributed by atoms with van der Waals surface area (Å²) in [5.41, 5.74) is 3.74. The van der Waals surface area contributed by atoms with E-state index in [1.807, 2.05) is 32.0 Å². The quantitative estimate of drug-likeness (QED) is 0.551. The number of aromatic nitrogens is 2. The molecular formula is C24H25N5O4S. The number of benzene rings is 2. The van der Waals surface area contributed by atoms with Crippen LogP contribution >= 0.6 is 0 Å². The molecule has 4 bridgehead atoms. The van der Waals surface area contributed by atoms with Gasteiger partial charge in [0.15, 0.2) is 0 Å². The van der Waals surface area contributed by atoms with Crippen LogP contribution in [0.5, 0.6) is 5.88 Å². The second-order valence-corrected chi connectivity index (χ2v) is 10.2. The zero-order valence-electron chi connectivity index (χ0n) is 18.9. The average Bonchev–Trinajstić information content (AvgIpc) is 2.82. The number of rotatable bonds is 1. The van der Waals surface area contributed by atoms with Crippen LogP contribution in [0, 0.1) is 13.8 Å². The fraction of sp³-hybridized carbons (Fsp3) is 0.292. The van der Waals surface area contributed by atoms with E-state index in [0.717, 1.165) is 16.7 Å². The Morgan fingerprint density at radius 3 is 2.62 bits per heavy atom. The van der Waals surface area contributed by atoms with E-state index in [1.165, 1.54) is 12.1 Å². The molecule has 176 valence electrons. The highest BCUT2D eigenvalue weighted by molar-refractivity contribution is 7.92. The summed E-state index contributed by atoms with van der Waals surface area (Å²) in [6, 6.07) is 13.4. The molecule has 1 aromatic heterocycles. The molecule has 1 amide bonds. The van der Waals surface area contributed by atoms with Crippen LogP contribution in [0.25, 0.3) is 11.3 Å². The van der Waals surface area contributed by atoms with Crippen molar-refractivity contribution in [2.45, 2.75) is 24.8 Å². The third-order valence-corrected chi connectivity index (χ3v) is 7.42. The van der Waals surface area contributed by atoms with Crippen molar-refractivity contribution >= 4 is 21.9 Å². The second kappa shape index (κ2) is 8.69. The van der Waals surface area contributed by atoms with Gasteiger partial charge in [-0.3, -0.25) is 4.79 Å². The van der Waals surface area contributed by atoms with Gasteiger partial charge in [-0.05, 0) is 43.2 Å². The fourth-order valence-corrected chi connectivity index (χ4v) is 5.38. The van der Waals surface area contributed by atoms with Crippen molar-refractivity contribution in [1.29, 1.82) is 0 Å². The van der Waals surface area contributed by atoms with E-state index in [0.29, 0.717) is 30.9 Å². The topological polar surface area (TPSA) is 114 Å². The predicted octanol–water partition coefficient (Wildman–Crippen LogP) is 2.37. The number of nitrogens with one attached hydrogen (secondary N) is 2. The normalized spacial score (nSPS) is 19.5. The average molecular weight is 480 g/mol. The van der Waals surface area contributed by atoms with E-state index < -0.39 is 10.0 Å². The van der Waals surface area contributed by atoms with Crippen molar-refractivity contribution in [2.75, 3.05) is 31.0 Å². The number of hydrogen-bond acceptors (Lipinski definition) is 7. The van der Waals surface area contributed by atoms with Gasteiger partial charge in [0.05, 0.1) is 16.6 Å². The van der Waals surface area contributed by atoms with Gasteiger partial charge in [-0.15, -0.1) is 0 Å². The van der Waals surface area contributed by atoms with Crippen LogP contribution in [0.3, 0.4) is 0 Å². The van der Waals surface area contributed by atoms with Crippen molar-refractivity contribution in [2.24, 2.45) is 0 Å². The van der Waals surface area contributed by atoms with Crippen molar-refractivity contribution in [1.82, 2.24) is 20.2 Å². The number of carbonyl (C=O) groups excluding carboxylic acids is 1. The lowest BCUT2D eigenvalue weighted by molar-refractivity contribution is 0.0555. The molecule has 3 heterocycles. The monoisotopic (exact) mass is 479 g/mol. The van der Waals surface area contributed by atoms with Gasteiger partial charge in [-0.2, -0.15) is 4.98 Å². The van der Waals surface area contributed by atoms with Gasteiger partial charge in [0, 0.05) is 36.8 Å². The van der Waals surface area contributed by atoms with E-state index in [1.54, 1.807) is 23.1 Å². The number of fused-ring (bicyclic) bond motifs is 5. The summed E-state index contributed by atoms with van der Waals surface area (Å²) < 4.78 is 34.8. The molecule has 3 aromatic rings. The molecule has 1 fully saturated rings. The number of carbonyl (C=O) groups is 1. The molecule has 2 aliphatic rings. The molecular weight excluding hydrogens is 454 g/mol. The Hall–Kier alpha value is -3.50. The largest absolute Gasteiger partial charge is 0.475 e. The Balaban J connectivity index is 1.66. The third-order valence-electron chi connectivity index (χ3n) is 6.09. The summed E-state index contributed by atoms with van der Waals surface area (Å²) in [6.07, 6.45) is 0. The van der Waals surface area contributed by atoms with Gasteiger partial charge in [0.25, 0.3) is 15.9 Å². The molecule has 0 spiro atoms. The first-order valence-electron chi connectivity index (χ1n) is 11.0. The molecule has 9 nitrogen and oxygen atoms in total. The lowest BCUT2D eigenvalue weighted by atomic mass is 10.00. The minimum atomic E-state index is -4.04. The fourth-order valence-electron chi connectivity index (χ4n) is 4.39. The molecule has 10 heteroatoms. The third kappa shape index (κ3) is 4.22. The first-order chi connectivity index (χ1) is 16.3. The summed E-state index contributed by atoms with van der Waals surface area (Å²) in [5, 5.41) is 3.29. The van der Waals surface area contributed by atoms with Crippen molar-refractivity contribution < 1.29 is 17.9 Å². The van der Waals surface area contributed by atoms with Crippen LogP contribution in [-0.4, -0.2) is 61.5 Å². The van der Waals surface area contributed by atoms with Gasteiger partial charge >= 0.3 is 0 Å². The summed E-state index contributed by atoms with van der Waals surface area (Å²) in [7, 11) is -4.04. The molecule has 2 aliphatic heterocycles. The van der Waals surface area contributed by atoms with E-state index in [4.69, 9.17) is 4.74 Å². The van der Waals surface area contributed by atoms with Crippen molar-refractivity contribution in [3.63, 3.8) is 0 Å². The standard InChI is InChI=1S/C24H25N5O4S/c1-15-5-3-6-16(2)22(15)20-12-21-27-24(26-20)28-34(31,32)19-8-4-7-17(11-19)23(30)29-10-9-25-13-18(29)14-33-21/h3-8,11-12,18,25H,9-10,13-14H2,1-2H3,(H,26,27,28). The summed E-state index contributed by atoms with van der Waals surface area (Å²) in [5.74, 6) is -0.0977. The van der Waals surface area contributed by atoms with Gasteiger partial charge in [0.1, 0.15) is 6.61 Å². The maximum Gasteiger partial charge on any atom is 0.264 e. The smallest absolute Gasteiger partial charge is 0.264 e. The number of sulfonamides is 1. The predicted molar refractivity (Wildman–Crippen MR) is 127 cm³/mol. The number of aryl methyl sites for hydroxylation is 2. The number of anilines is 1. The number of amides is 1. The molecule has 0 saturated carbocycles. The molecule has 0 aliphatic carbocycles. The molecule has 0 radical (unpaired) electrons. The number of piperazine rings is 1. The Morgan fingerprint density at radius 1 is 1.06 bits per heavy atom. The minimum absolute atomic E-state index is 0.0344. The highest BCUT2D eigenvalue weighted by atomic mass is 32.2. The van der Waals surface area contributed by atoms with Gasteiger partial charge in [-0.25, -0.2) is 18.1 Å². The number of hydrogen-bond donors (Lipinski definition) is 2. The molecule has 34 heavy (non-hydrogen) atoms. The molecule has 2 N–H and O–H groups in total. The summed E-state index contributed by atoms with van der Waals surface area (Å²) in [6.45, 7) is 5.85. The second-order valence-electron chi connectivity index (χ2n) is 8.48. The Bertz CT molecular complexity index is 1360. The number of ether oxygens (including phenoxy) is 1. The van der Waals surface area contributed by atoms with E-state index in [9.17, 15) is 13.2 Å². The Labute approximate surface area is 198 Å². The Morgan fingerprint density at radius 2 is 1.82 bits per heavy atom. The molecule has 2 aromatic carbocycles. The SMILES string of the molecule is Cc1cccc(C)c1-c1cc2nc(n1)NS(=O)(=O)c1cccc(c1)C(=O)N1CCNCC1CO2. The van der Waals surface area contributed by atoms with Crippen molar-refractivity contribution in [3.05, 3.63) is 65.2 Å². The van der Waals surface area contributed by atoms with Crippen LogP contribution < -0.4 is 14.8 Å². The maximum absolute atomic E-state index is 13.3. The molecule has 1 unspecified atom stereocenters. The van der Waals surface area contributed by atoms with Crippen LogP contribution in [0.15, 0.2) is 53.4 Å². The van der Waals surface area contributed by atoms with Crippen LogP contribution in [0.4, 0.5) is 5.95 Å². The van der Waals surface area contributed by atoms with E-state index in [2.05, 4.69) is 20.0 Å². The zero-order valence-corrected chi connectivity index (χ0v) is 19.7.